The maximum absolute atomic E-state index is 12.6. The van der Waals surface area contributed by atoms with E-state index in [9.17, 15) is 14.4 Å². The van der Waals surface area contributed by atoms with E-state index in [-0.39, 0.29) is 22.9 Å². The number of amides is 1. The van der Waals surface area contributed by atoms with Gasteiger partial charge in [-0.2, -0.15) is 0 Å². The summed E-state index contributed by atoms with van der Waals surface area (Å²) in [5, 5.41) is 5.00. The Bertz CT molecular complexity index is 1120. The topological polar surface area (TPSA) is 77.4 Å². The van der Waals surface area contributed by atoms with Gasteiger partial charge in [0.2, 0.25) is 5.78 Å². The summed E-state index contributed by atoms with van der Waals surface area (Å²) < 4.78 is 7.09. The number of rotatable bonds is 8. The zero-order chi connectivity index (χ0) is 22.5. The van der Waals surface area contributed by atoms with Crippen molar-refractivity contribution >= 4 is 52.2 Å². The van der Waals surface area contributed by atoms with Gasteiger partial charge in [-0.3, -0.25) is 14.4 Å². The highest BCUT2D eigenvalue weighted by Crippen LogP contribution is 2.21. The van der Waals surface area contributed by atoms with Crippen molar-refractivity contribution in [3.8, 4) is 0 Å². The summed E-state index contributed by atoms with van der Waals surface area (Å²) in [6.07, 6.45) is 0. The predicted molar refractivity (Wildman–Crippen MR) is 121 cm³/mol. The number of carbonyl (C=O) groups is 3. The molecule has 1 amide bonds. The monoisotopic (exact) mass is 478 g/mol. The van der Waals surface area contributed by atoms with Crippen LogP contribution in [0.2, 0.25) is 10.0 Å². The standard InChI is InChI=1S/C22H20Cl2N2O4S/c1-13-8-18(14(2)26(13)11-16-4-3-7-31-16)20(27)12-30-21(28)10-25-22(29)17-6-5-15(23)9-19(17)24/h3-9H,10-12H2,1-2H3,(H,25,29). The molecule has 2 heterocycles. The number of ether oxygens (including phenoxy) is 1. The molecule has 3 rings (SSSR count). The average Bonchev–Trinajstić information content (AvgIpc) is 3.34. The second-order valence-corrected chi connectivity index (χ2v) is 8.72. The summed E-state index contributed by atoms with van der Waals surface area (Å²) >= 11 is 13.4. The third-order valence-corrected chi connectivity index (χ3v) is 6.11. The fourth-order valence-corrected chi connectivity index (χ4v) is 4.27. The Balaban J connectivity index is 1.53. The van der Waals surface area contributed by atoms with E-state index in [0.717, 1.165) is 11.4 Å². The van der Waals surface area contributed by atoms with Crippen molar-refractivity contribution in [2.75, 3.05) is 13.2 Å². The highest BCUT2D eigenvalue weighted by atomic mass is 35.5. The fraction of sp³-hybridized carbons (Fsp3) is 0.227. The maximum atomic E-state index is 12.6. The SMILES string of the molecule is Cc1cc(C(=O)COC(=O)CNC(=O)c2ccc(Cl)cc2Cl)c(C)n1Cc1cccs1. The summed E-state index contributed by atoms with van der Waals surface area (Å²) in [6, 6.07) is 10.2. The fourth-order valence-electron chi connectivity index (χ4n) is 3.08. The molecular formula is C22H20Cl2N2O4S. The summed E-state index contributed by atoms with van der Waals surface area (Å²) in [6.45, 7) is 3.69. The van der Waals surface area contributed by atoms with Gasteiger partial charge in [0, 0.05) is 26.9 Å². The Kier molecular flexibility index (Phi) is 7.54. The minimum atomic E-state index is -0.723. The van der Waals surface area contributed by atoms with Crippen LogP contribution in [0.1, 0.15) is 37.0 Å². The van der Waals surface area contributed by atoms with Gasteiger partial charge in [0.1, 0.15) is 6.54 Å². The number of nitrogens with one attached hydrogen (secondary N) is 1. The molecule has 162 valence electrons. The van der Waals surface area contributed by atoms with Gasteiger partial charge in [-0.1, -0.05) is 29.3 Å². The highest BCUT2D eigenvalue weighted by molar-refractivity contribution is 7.09. The van der Waals surface area contributed by atoms with Crippen molar-refractivity contribution < 1.29 is 19.1 Å². The van der Waals surface area contributed by atoms with E-state index in [0.29, 0.717) is 17.1 Å². The minimum absolute atomic E-state index is 0.173. The number of hydrogen-bond donors (Lipinski definition) is 1. The smallest absolute Gasteiger partial charge is 0.325 e. The molecule has 0 aliphatic rings. The van der Waals surface area contributed by atoms with Crippen molar-refractivity contribution in [3.63, 3.8) is 0 Å². The lowest BCUT2D eigenvalue weighted by Gasteiger charge is -2.09. The molecule has 0 spiro atoms. The van der Waals surface area contributed by atoms with Gasteiger partial charge >= 0.3 is 5.97 Å². The molecule has 0 saturated heterocycles. The van der Waals surface area contributed by atoms with Crippen molar-refractivity contribution in [3.05, 3.63) is 79.2 Å². The Morgan fingerprint density at radius 1 is 1.10 bits per heavy atom. The number of carbonyl (C=O) groups excluding carboxylic acids is 3. The van der Waals surface area contributed by atoms with Crippen LogP contribution in [-0.4, -0.2) is 35.4 Å². The van der Waals surface area contributed by atoms with E-state index < -0.39 is 18.5 Å². The Labute approximate surface area is 193 Å². The van der Waals surface area contributed by atoms with Gasteiger partial charge in [0.15, 0.2) is 6.61 Å². The van der Waals surface area contributed by atoms with Crippen LogP contribution in [0, 0.1) is 13.8 Å². The third kappa shape index (κ3) is 5.76. The van der Waals surface area contributed by atoms with Crippen LogP contribution in [0.25, 0.3) is 0 Å². The second-order valence-electron chi connectivity index (χ2n) is 6.84. The van der Waals surface area contributed by atoms with Crippen LogP contribution in [-0.2, 0) is 16.1 Å². The molecule has 0 aliphatic heterocycles. The van der Waals surface area contributed by atoms with Crippen LogP contribution in [0.4, 0.5) is 0 Å². The number of benzene rings is 1. The van der Waals surface area contributed by atoms with E-state index in [2.05, 4.69) is 9.88 Å². The van der Waals surface area contributed by atoms with E-state index in [1.807, 2.05) is 31.4 Å². The number of aromatic nitrogens is 1. The summed E-state index contributed by atoms with van der Waals surface area (Å²) in [4.78, 5) is 37.9. The lowest BCUT2D eigenvalue weighted by atomic mass is 10.1. The summed E-state index contributed by atoms with van der Waals surface area (Å²) in [7, 11) is 0. The Morgan fingerprint density at radius 2 is 1.87 bits per heavy atom. The first-order chi connectivity index (χ1) is 14.8. The molecule has 9 heteroatoms. The van der Waals surface area contributed by atoms with Crippen LogP contribution in [0.5, 0.6) is 0 Å². The van der Waals surface area contributed by atoms with Gasteiger partial charge in [-0.15, -0.1) is 11.3 Å². The predicted octanol–water partition coefficient (Wildman–Crippen LogP) is 4.68. The molecule has 0 unspecified atom stereocenters. The molecule has 2 aromatic heterocycles. The van der Waals surface area contributed by atoms with Crippen LogP contribution < -0.4 is 5.32 Å². The van der Waals surface area contributed by atoms with Crippen LogP contribution in [0.15, 0.2) is 41.8 Å². The molecule has 0 bridgehead atoms. The molecule has 31 heavy (non-hydrogen) atoms. The van der Waals surface area contributed by atoms with Crippen molar-refractivity contribution in [2.45, 2.75) is 20.4 Å². The normalized spacial score (nSPS) is 10.7. The first kappa shape index (κ1) is 23.1. The zero-order valence-corrected chi connectivity index (χ0v) is 19.2. The molecule has 0 radical (unpaired) electrons. The summed E-state index contributed by atoms with van der Waals surface area (Å²) in [5.74, 6) is -1.56. The molecule has 0 saturated carbocycles. The van der Waals surface area contributed by atoms with Crippen LogP contribution >= 0.6 is 34.5 Å². The van der Waals surface area contributed by atoms with Gasteiger partial charge in [0.25, 0.3) is 5.91 Å². The van der Waals surface area contributed by atoms with E-state index in [1.54, 1.807) is 17.4 Å². The number of halogens is 2. The van der Waals surface area contributed by atoms with Crippen molar-refractivity contribution in [2.24, 2.45) is 0 Å². The van der Waals surface area contributed by atoms with E-state index >= 15 is 0 Å². The lowest BCUT2D eigenvalue weighted by Crippen LogP contribution is -2.31. The van der Waals surface area contributed by atoms with Gasteiger partial charge in [-0.05, 0) is 49.6 Å². The van der Waals surface area contributed by atoms with E-state index in [4.69, 9.17) is 27.9 Å². The number of thiophene rings is 1. The second kappa shape index (κ2) is 10.1. The van der Waals surface area contributed by atoms with Crippen molar-refractivity contribution in [1.29, 1.82) is 0 Å². The number of ketones is 1. The third-order valence-electron chi connectivity index (χ3n) is 4.70. The number of Topliss-reactive ketones (excluding diaryl/α,β-unsaturated/α-hetero) is 1. The first-order valence-electron chi connectivity index (χ1n) is 9.37. The highest BCUT2D eigenvalue weighted by Gasteiger charge is 2.18. The lowest BCUT2D eigenvalue weighted by molar-refractivity contribution is -0.141. The molecule has 0 aliphatic carbocycles. The molecular weight excluding hydrogens is 459 g/mol. The van der Waals surface area contributed by atoms with Crippen molar-refractivity contribution in [1.82, 2.24) is 9.88 Å². The minimum Gasteiger partial charge on any atom is -0.456 e. The average molecular weight is 479 g/mol. The quantitative estimate of drug-likeness (QED) is 0.376. The maximum Gasteiger partial charge on any atom is 0.325 e. The Morgan fingerprint density at radius 3 is 2.55 bits per heavy atom. The van der Waals surface area contributed by atoms with E-state index in [1.165, 1.54) is 23.1 Å². The van der Waals surface area contributed by atoms with Gasteiger partial charge in [0.05, 0.1) is 17.1 Å². The number of hydrogen-bond acceptors (Lipinski definition) is 5. The number of nitrogens with zero attached hydrogens (tertiary/aromatic N) is 1. The molecule has 6 nitrogen and oxygen atoms in total. The van der Waals surface area contributed by atoms with Gasteiger partial charge in [-0.25, -0.2) is 0 Å². The molecule has 0 atom stereocenters. The summed E-state index contributed by atoms with van der Waals surface area (Å²) in [5.41, 5.74) is 2.47. The zero-order valence-electron chi connectivity index (χ0n) is 16.9. The molecule has 3 aromatic rings. The van der Waals surface area contributed by atoms with Crippen LogP contribution in [0.3, 0.4) is 0 Å². The number of esters is 1. The molecule has 1 aromatic carbocycles. The van der Waals surface area contributed by atoms with Gasteiger partial charge < -0.3 is 14.6 Å². The molecule has 0 fully saturated rings. The number of aryl methyl sites for hydroxylation is 1. The largest absolute Gasteiger partial charge is 0.456 e. The first-order valence-corrected chi connectivity index (χ1v) is 11.0. The Hall–Kier alpha value is -2.61. The molecule has 1 N–H and O–H groups in total.